The van der Waals surface area contributed by atoms with Crippen molar-refractivity contribution in [1.29, 1.82) is 0 Å². The molecule has 7 nitrogen and oxygen atoms in total. The van der Waals surface area contributed by atoms with Crippen LogP contribution in [0.5, 0.6) is 11.5 Å². The predicted octanol–water partition coefficient (Wildman–Crippen LogP) is 4.29. The number of carbonyl (C=O) groups is 1. The molecule has 3 aromatic rings. The SMILES string of the molecule is COc1cc(OC)cc(-c2nc3n(n2)[C@H](c2cccc(C)c2)C2=C(CCCC2=O)N3)c1. The molecule has 0 radical (unpaired) electrons. The standard InChI is InChI=1S/C24H24N4O3/c1-14-6-4-7-15(10-14)22-21-19(8-5-9-20(21)29)25-24-26-23(27-28(22)24)16-11-17(30-2)13-18(12-16)31-3/h4,6-7,10-13,22H,5,8-9H2,1-3H3,(H,25,26,27)/t22-/m1/s1. The molecule has 31 heavy (non-hydrogen) atoms. The second-order valence-corrected chi connectivity index (χ2v) is 7.92. The zero-order valence-electron chi connectivity index (χ0n) is 17.8. The maximum atomic E-state index is 13.0. The normalized spacial score (nSPS) is 17.6. The maximum absolute atomic E-state index is 13.0. The smallest absolute Gasteiger partial charge is 0.226 e. The van der Waals surface area contributed by atoms with E-state index in [0.29, 0.717) is 29.7 Å². The van der Waals surface area contributed by atoms with E-state index in [4.69, 9.17) is 19.6 Å². The van der Waals surface area contributed by atoms with Crippen LogP contribution in [0.3, 0.4) is 0 Å². The van der Waals surface area contributed by atoms with Crippen molar-refractivity contribution in [2.45, 2.75) is 32.2 Å². The number of nitrogens with one attached hydrogen (secondary N) is 1. The molecule has 1 aliphatic carbocycles. The van der Waals surface area contributed by atoms with Crippen molar-refractivity contribution < 1.29 is 14.3 Å². The molecule has 5 rings (SSSR count). The summed E-state index contributed by atoms with van der Waals surface area (Å²) in [6, 6.07) is 13.5. The van der Waals surface area contributed by atoms with Crippen LogP contribution in [0.2, 0.25) is 0 Å². The first-order valence-corrected chi connectivity index (χ1v) is 10.4. The van der Waals surface area contributed by atoms with Crippen LogP contribution in [0.4, 0.5) is 5.95 Å². The van der Waals surface area contributed by atoms with Gasteiger partial charge in [-0.2, -0.15) is 4.98 Å². The van der Waals surface area contributed by atoms with E-state index in [-0.39, 0.29) is 11.8 Å². The fourth-order valence-electron chi connectivity index (χ4n) is 4.36. The molecule has 2 aliphatic rings. The highest BCUT2D eigenvalue weighted by atomic mass is 16.5. The van der Waals surface area contributed by atoms with Gasteiger partial charge < -0.3 is 14.8 Å². The van der Waals surface area contributed by atoms with Crippen LogP contribution in [0.25, 0.3) is 11.4 Å². The van der Waals surface area contributed by atoms with E-state index in [1.54, 1.807) is 14.2 Å². The molecule has 1 aliphatic heterocycles. The van der Waals surface area contributed by atoms with Crippen molar-refractivity contribution in [2.75, 3.05) is 19.5 Å². The monoisotopic (exact) mass is 416 g/mol. The number of rotatable bonds is 4. The Labute approximate surface area is 180 Å². The van der Waals surface area contributed by atoms with E-state index in [2.05, 4.69) is 30.4 Å². The van der Waals surface area contributed by atoms with E-state index < -0.39 is 0 Å². The van der Waals surface area contributed by atoms with Crippen LogP contribution >= 0.6 is 0 Å². The van der Waals surface area contributed by atoms with E-state index in [1.807, 2.05) is 28.9 Å². The van der Waals surface area contributed by atoms with Crippen LogP contribution < -0.4 is 14.8 Å². The summed E-state index contributed by atoms with van der Waals surface area (Å²) >= 11 is 0. The summed E-state index contributed by atoms with van der Waals surface area (Å²) in [4.78, 5) is 17.7. The largest absolute Gasteiger partial charge is 0.497 e. The number of benzene rings is 2. The third kappa shape index (κ3) is 3.36. The van der Waals surface area contributed by atoms with Crippen LogP contribution in [0.1, 0.15) is 36.4 Å². The van der Waals surface area contributed by atoms with Crippen molar-refractivity contribution in [3.8, 4) is 22.9 Å². The third-order valence-corrected chi connectivity index (χ3v) is 5.84. The Morgan fingerprint density at radius 1 is 1.06 bits per heavy atom. The van der Waals surface area contributed by atoms with Gasteiger partial charge >= 0.3 is 0 Å². The number of hydrogen-bond acceptors (Lipinski definition) is 6. The van der Waals surface area contributed by atoms with Gasteiger partial charge in [-0.15, -0.1) is 5.10 Å². The average molecular weight is 416 g/mol. The number of carbonyl (C=O) groups excluding carboxylic acids is 1. The van der Waals surface area contributed by atoms with Gasteiger partial charge in [-0.3, -0.25) is 4.79 Å². The van der Waals surface area contributed by atoms with E-state index in [1.165, 1.54) is 0 Å². The molecule has 1 N–H and O–H groups in total. The predicted molar refractivity (Wildman–Crippen MR) is 117 cm³/mol. The number of aromatic nitrogens is 3. The molecule has 2 heterocycles. The highest BCUT2D eigenvalue weighted by molar-refractivity contribution is 5.99. The van der Waals surface area contributed by atoms with E-state index >= 15 is 0 Å². The average Bonchev–Trinajstić information content (AvgIpc) is 3.21. The number of ether oxygens (including phenoxy) is 2. The number of Topliss-reactive ketones (excluding diaryl/α,β-unsaturated/α-hetero) is 1. The first-order chi connectivity index (χ1) is 15.1. The Hall–Kier alpha value is -3.61. The Kier molecular flexibility index (Phi) is 4.73. The summed E-state index contributed by atoms with van der Waals surface area (Å²) in [6.07, 6.45) is 2.24. The molecule has 1 atom stereocenters. The van der Waals surface area contributed by atoms with Gasteiger partial charge in [-0.25, -0.2) is 4.68 Å². The van der Waals surface area contributed by atoms with Crippen molar-refractivity contribution in [1.82, 2.24) is 14.8 Å². The Bertz CT molecular complexity index is 1190. The molecular weight excluding hydrogens is 392 g/mol. The lowest BCUT2D eigenvalue weighted by Crippen LogP contribution is -2.31. The minimum atomic E-state index is -0.298. The Morgan fingerprint density at radius 2 is 1.84 bits per heavy atom. The maximum Gasteiger partial charge on any atom is 0.226 e. The molecule has 0 bridgehead atoms. The van der Waals surface area contributed by atoms with Crippen LogP contribution in [0.15, 0.2) is 53.7 Å². The van der Waals surface area contributed by atoms with Crippen LogP contribution in [-0.4, -0.2) is 34.8 Å². The minimum absolute atomic E-state index is 0.172. The number of hydrogen-bond donors (Lipinski definition) is 1. The molecule has 7 heteroatoms. The Balaban J connectivity index is 1.67. The van der Waals surface area contributed by atoms with Crippen molar-refractivity contribution in [3.63, 3.8) is 0 Å². The topological polar surface area (TPSA) is 78.3 Å². The molecule has 0 fully saturated rings. The van der Waals surface area contributed by atoms with Gasteiger partial charge in [0.05, 0.1) is 14.2 Å². The molecule has 0 saturated carbocycles. The molecule has 2 aromatic carbocycles. The highest BCUT2D eigenvalue weighted by Crippen LogP contribution is 2.41. The van der Waals surface area contributed by atoms with E-state index in [9.17, 15) is 4.79 Å². The summed E-state index contributed by atoms with van der Waals surface area (Å²) in [7, 11) is 3.23. The first kappa shape index (κ1) is 19.4. The number of anilines is 1. The summed E-state index contributed by atoms with van der Waals surface area (Å²) < 4.78 is 12.6. The number of aryl methyl sites for hydroxylation is 1. The number of ketones is 1. The van der Waals surface area contributed by atoms with Gasteiger partial charge in [-0.05, 0) is 37.5 Å². The molecule has 158 valence electrons. The minimum Gasteiger partial charge on any atom is -0.497 e. The second kappa shape index (κ2) is 7.58. The van der Waals surface area contributed by atoms with Gasteiger partial charge in [-0.1, -0.05) is 29.8 Å². The van der Waals surface area contributed by atoms with Crippen LogP contribution in [0, 0.1) is 6.92 Å². The summed E-state index contributed by atoms with van der Waals surface area (Å²) in [5.74, 6) is 2.68. The van der Waals surface area contributed by atoms with Crippen molar-refractivity contribution >= 4 is 11.7 Å². The van der Waals surface area contributed by atoms with Gasteiger partial charge in [0.1, 0.15) is 17.5 Å². The lowest BCUT2D eigenvalue weighted by Gasteiger charge is -2.32. The van der Waals surface area contributed by atoms with Crippen molar-refractivity contribution in [2.24, 2.45) is 0 Å². The zero-order valence-corrected chi connectivity index (χ0v) is 17.8. The third-order valence-electron chi connectivity index (χ3n) is 5.84. The molecule has 0 spiro atoms. The van der Waals surface area contributed by atoms with Gasteiger partial charge in [0.2, 0.25) is 5.95 Å². The van der Waals surface area contributed by atoms with Gasteiger partial charge in [0.15, 0.2) is 11.6 Å². The first-order valence-electron chi connectivity index (χ1n) is 10.4. The fourth-order valence-corrected chi connectivity index (χ4v) is 4.36. The highest BCUT2D eigenvalue weighted by Gasteiger charge is 2.37. The number of nitrogens with zero attached hydrogens (tertiary/aromatic N) is 3. The lowest BCUT2D eigenvalue weighted by molar-refractivity contribution is -0.116. The molecule has 0 saturated heterocycles. The summed E-state index contributed by atoms with van der Waals surface area (Å²) in [5.41, 5.74) is 4.71. The van der Waals surface area contributed by atoms with E-state index in [0.717, 1.165) is 40.8 Å². The zero-order chi connectivity index (χ0) is 21.5. The molecule has 0 amide bonds. The quantitative estimate of drug-likeness (QED) is 0.684. The van der Waals surface area contributed by atoms with Gasteiger partial charge in [0, 0.05) is 29.3 Å². The molecule has 0 unspecified atom stereocenters. The van der Waals surface area contributed by atoms with Crippen molar-refractivity contribution in [3.05, 3.63) is 64.9 Å². The lowest BCUT2D eigenvalue weighted by atomic mass is 9.85. The van der Waals surface area contributed by atoms with Crippen LogP contribution in [-0.2, 0) is 4.79 Å². The van der Waals surface area contributed by atoms with Gasteiger partial charge in [0.25, 0.3) is 0 Å². The fraction of sp³-hybridized carbons (Fsp3) is 0.292. The number of methoxy groups -OCH3 is 2. The second-order valence-electron chi connectivity index (χ2n) is 7.92. The molecule has 1 aromatic heterocycles. The number of allylic oxidation sites excluding steroid dienone is 2. The molecular formula is C24H24N4O3. The summed E-state index contributed by atoms with van der Waals surface area (Å²) in [6.45, 7) is 2.05. The number of fused-ring (bicyclic) bond motifs is 1. The Morgan fingerprint density at radius 3 is 2.55 bits per heavy atom. The summed E-state index contributed by atoms with van der Waals surface area (Å²) in [5, 5.41) is 8.21.